The molecule has 3 rings (SSSR count). The molecule has 0 bridgehead atoms. The summed E-state index contributed by atoms with van der Waals surface area (Å²) < 4.78 is 0.849. The first-order valence-corrected chi connectivity index (χ1v) is 10.4. The van der Waals surface area contributed by atoms with E-state index in [4.69, 9.17) is 0 Å². The van der Waals surface area contributed by atoms with Crippen molar-refractivity contribution >= 4 is 45.7 Å². The lowest BCUT2D eigenvalue weighted by molar-refractivity contribution is -0.122. The van der Waals surface area contributed by atoms with Crippen LogP contribution in [0.3, 0.4) is 0 Å². The van der Waals surface area contributed by atoms with E-state index in [9.17, 15) is 9.59 Å². The fourth-order valence-corrected chi connectivity index (χ4v) is 4.42. The van der Waals surface area contributed by atoms with E-state index in [1.807, 2.05) is 32.0 Å². The molecule has 1 aromatic carbocycles. The number of carbonyl (C=O) groups is 2. The highest BCUT2D eigenvalue weighted by atomic mass is 32.2. The van der Waals surface area contributed by atoms with Gasteiger partial charge in [0.05, 0.1) is 5.92 Å². The number of aryl methyl sites for hydroxylation is 2. The van der Waals surface area contributed by atoms with E-state index in [0.29, 0.717) is 11.7 Å². The summed E-state index contributed by atoms with van der Waals surface area (Å²) in [7, 11) is 0. The molecule has 2 amide bonds. The lowest BCUT2D eigenvalue weighted by atomic mass is 10.1. The van der Waals surface area contributed by atoms with Gasteiger partial charge < -0.3 is 10.2 Å². The molecule has 1 aliphatic rings. The summed E-state index contributed by atoms with van der Waals surface area (Å²) in [6.07, 6.45) is 1.28. The normalized spacial score (nSPS) is 17.0. The Kier molecular flexibility index (Phi) is 5.93. The van der Waals surface area contributed by atoms with Crippen LogP contribution in [0.2, 0.25) is 0 Å². The number of benzene rings is 1. The second kappa shape index (κ2) is 8.18. The van der Waals surface area contributed by atoms with E-state index in [1.165, 1.54) is 16.9 Å². The molecule has 26 heavy (non-hydrogen) atoms. The molecule has 1 aromatic heterocycles. The second-order valence-electron chi connectivity index (χ2n) is 6.38. The number of nitrogens with one attached hydrogen (secondary N) is 1. The van der Waals surface area contributed by atoms with Gasteiger partial charge in [0, 0.05) is 24.4 Å². The summed E-state index contributed by atoms with van der Waals surface area (Å²) in [5, 5.41) is 11.4. The van der Waals surface area contributed by atoms with Gasteiger partial charge in [-0.25, -0.2) is 0 Å². The maximum absolute atomic E-state index is 12.5. The summed E-state index contributed by atoms with van der Waals surface area (Å²) in [5.74, 6) is 0.405. The summed E-state index contributed by atoms with van der Waals surface area (Å²) in [5.41, 5.74) is 3.17. The van der Waals surface area contributed by atoms with E-state index in [2.05, 4.69) is 22.4 Å². The molecule has 1 aliphatic heterocycles. The number of hydrogen-bond donors (Lipinski definition) is 1. The zero-order valence-electron chi connectivity index (χ0n) is 15.1. The Hall–Kier alpha value is -1.93. The Morgan fingerprint density at radius 3 is 2.88 bits per heavy atom. The minimum Gasteiger partial charge on any atom is -0.312 e. The standard InChI is InChI=1S/C18H22N4O2S2/c1-4-7-25-18-21-20-17(26-18)19-16(24)13-9-15(23)22(10-13)14-6-5-11(2)12(3)8-14/h5-6,8,13H,4,7,9-10H2,1-3H3,(H,19,20,24)/t13-/m0/s1. The molecule has 6 nitrogen and oxygen atoms in total. The highest BCUT2D eigenvalue weighted by Gasteiger charge is 2.35. The van der Waals surface area contributed by atoms with Crippen LogP contribution in [0.25, 0.3) is 0 Å². The van der Waals surface area contributed by atoms with Crippen LogP contribution in [0.5, 0.6) is 0 Å². The number of anilines is 2. The van der Waals surface area contributed by atoms with E-state index in [-0.39, 0.29) is 24.2 Å². The van der Waals surface area contributed by atoms with Gasteiger partial charge in [0.25, 0.3) is 0 Å². The summed E-state index contributed by atoms with van der Waals surface area (Å²) in [6.45, 7) is 6.56. The zero-order chi connectivity index (χ0) is 18.7. The van der Waals surface area contributed by atoms with Crippen LogP contribution in [0.1, 0.15) is 30.9 Å². The summed E-state index contributed by atoms with van der Waals surface area (Å²) in [4.78, 5) is 26.6. The third kappa shape index (κ3) is 4.24. The molecule has 1 saturated heterocycles. The molecule has 0 unspecified atom stereocenters. The molecular formula is C18H22N4O2S2. The minimum atomic E-state index is -0.375. The Labute approximate surface area is 161 Å². The van der Waals surface area contributed by atoms with E-state index < -0.39 is 0 Å². The molecule has 0 radical (unpaired) electrons. The highest BCUT2D eigenvalue weighted by Crippen LogP contribution is 2.29. The van der Waals surface area contributed by atoms with Crippen LogP contribution in [-0.4, -0.2) is 34.3 Å². The van der Waals surface area contributed by atoms with Gasteiger partial charge in [0.15, 0.2) is 4.34 Å². The first-order chi connectivity index (χ1) is 12.5. The summed E-state index contributed by atoms with van der Waals surface area (Å²) >= 11 is 3.00. The molecular weight excluding hydrogens is 368 g/mol. The van der Waals surface area contributed by atoms with Gasteiger partial charge in [-0.1, -0.05) is 36.1 Å². The van der Waals surface area contributed by atoms with Crippen LogP contribution >= 0.6 is 23.1 Å². The minimum absolute atomic E-state index is 0.0233. The first kappa shape index (κ1) is 18.8. The number of rotatable bonds is 6. The molecule has 1 atom stereocenters. The third-order valence-corrected chi connectivity index (χ3v) is 6.54. The summed E-state index contributed by atoms with van der Waals surface area (Å²) in [6, 6.07) is 5.93. The molecule has 2 aromatic rings. The van der Waals surface area contributed by atoms with Crippen molar-refractivity contribution < 1.29 is 9.59 Å². The Balaban J connectivity index is 1.63. The fourth-order valence-electron chi connectivity index (χ4n) is 2.74. The van der Waals surface area contributed by atoms with Gasteiger partial charge in [0.2, 0.25) is 16.9 Å². The zero-order valence-corrected chi connectivity index (χ0v) is 16.7. The number of carbonyl (C=O) groups excluding carboxylic acids is 2. The van der Waals surface area contributed by atoms with E-state index in [1.54, 1.807) is 16.7 Å². The average molecular weight is 391 g/mol. The first-order valence-electron chi connectivity index (χ1n) is 8.62. The van der Waals surface area contributed by atoms with E-state index in [0.717, 1.165) is 27.8 Å². The molecule has 0 saturated carbocycles. The van der Waals surface area contributed by atoms with Crippen molar-refractivity contribution in [3.8, 4) is 0 Å². The molecule has 0 aliphatic carbocycles. The number of amides is 2. The second-order valence-corrected chi connectivity index (χ2v) is 8.70. The monoisotopic (exact) mass is 390 g/mol. The van der Waals surface area contributed by atoms with Crippen molar-refractivity contribution in [3.63, 3.8) is 0 Å². The maximum atomic E-state index is 12.5. The van der Waals surface area contributed by atoms with Crippen LogP contribution in [0, 0.1) is 19.8 Å². The van der Waals surface area contributed by atoms with Crippen molar-refractivity contribution in [1.82, 2.24) is 10.2 Å². The van der Waals surface area contributed by atoms with Gasteiger partial charge in [-0.2, -0.15) is 0 Å². The van der Waals surface area contributed by atoms with Crippen molar-refractivity contribution in [3.05, 3.63) is 29.3 Å². The Morgan fingerprint density at radius 2 is 2.15 bits per heavy atom. The predicted octanol–water partition coefficient (Wildman–Crippen LogP) is 3.65. The molecule has 8 heteroatoms. The molecule has 1 fully saturated rings. The highest BCUT2D eigenvalue weighted by molar-refractivity contribution is 8.01. The van der Waals surface area contributed by atoms with E-state index >= 15 is 0 Å². The van der Waals surface area contributed by atoms with Crippen molar-refractivity contribution in [1.29, 1.82) is 0 Å². The lowest BCUT2D eigenvalue weighted by Crippen LogP contribution is -2.28. The topological polar surface area (TPSA) is 75.2 Å². The van der Waals surface area contributed by atoms with Crippen LogP contribution < -0.4 is 10.2 Å². The van der Waals surface area contributed by atoms with Gasteiger partial charge in [0.1, 0.15) is 0 Å². The molecule has 1 N–H and O–H groups in total. The van der Waals surface area contributed by atoms with Crippen molar-refractivity contribution in [2.24, 2.45) is 5.92 Å². The van der Waals surface area contributed by atoms with Gasteiger partial charge in [-0.05, 0) is 43.5 Å². The van der Waals surface area contributed by atoms with Gasteiger partial charge >= 0.3 is 0 Å². The molecule has 2 heterocycles. The SMILES string of the molecule is CCCSc1nnc(NC(=O)[C@H]2CC(=O)N(c3ccc(C)c(C)c3)C2)s1. The van der Waals surface area contributed by atoms with Crippen LogP contribution in [-0.2, 0) is 9.59 Å². The Bertz CT molecular complexity index is 821. The number of thioether (sulfide) groups is 1. The number of hydrogen-bond acceptors (Lipinski definition) is 6. The predicted molar refractivity (Wildman–Crippen MR) is 106 cm³/mol. The largest absolute Gasteiger partial charge is 0.312 e. The van der Waals surface area contributed by atoms with Gasteiger partial charge in [-0.15, -0.1) is 10.2 Å². The van der Waals surface area contributed by atoms with Crippen molar-refractivity contribution in [2.75, 3.05) is 22.5 Å². The van der Waals surface area contributed by atoms with Gasteiger partial charge in [-0.3, -0.25) is 9.59 Å². The lowest BCUT2D eigenvalue weighted by Gasteiger charge is -2.17. The fraction of sp³-hybridized carbons (Fsp3) is 0.444. The van der Waals surface area contributed by atoms with Crippen LogP contribution in [0.15, 0.2) is 22.5 Å². The molecule has 0 spiro atoms. The van der Waals surface area contributed by atoms with Crippen LogP contribution in [0.4, 0.5) is 10.8 Å². The molecule has 138 valence electrons. The average Bonchev–Trinajstić information content (AvgIpc) is 3.22. The van der Waals surface area contributed by atoms with Crippen molar-refractivity contribution in [2.45, 2.75) is 38.0 Å². The number of aromatic nitrogens is 2. The number of nitrogens with zero attached hydrogens (tertiary/aromatic N) is 3. The maximum Gasteiger partial charge on any atom is 0.231 e. The quantitative estimate of drug-likeness (QED) is 0.602. The smallest absolute Gasteiger partial charge is 0.231 e. The third-order valence-electron chi connectivity index (χ3n) is 4.36. The Morgan fingerprint density at radius 1 is 1.35 bits per heavy atom.